The molecule has 8 nitrogen and oxygen atoms in total. The van der Waals surface area contributed by atoms with Crippen LogP contribution in [0, 0.1) is 6.92 Å². The first-order valence-corrected chi connectivity index (χ1v) is 8.95. The Morgan fingerprint density at radius 3 is 2.48 bits per heavy atom. The average Bonchev–Trinajstić information content (AvgIpc) is 3.07. The maximum atomic E-state index is 12.9. The first-order chi connectivity index (χ1) is 12.9. The van der Waals surface area contributed by atoms with E-state index in [9.17, 15) is 9.59 Å². The van der Waals surface area contributed by atoms with Crippen molar-refractivity contribution in [3.05, 3.63) is 47.7 Å². The molecule has 27 heavy (non-hydrogen) atoms. The zero-order chi connectivity index (χ0) is 19.4. The minimum absolute atomic E-state index is 0.101. The van der Waals surface area contributed by atoms with Crippen LogP contribution in [0.2, 0.25) is 0 Å². The van der Waals surface area contributed by atoms with Gasteiger partial charge in [-0.15, -0.1) is 0 Å². The Balaban J connectivity index is 1.51. The van der Waals surface area contributed by atoms with Gasteiger partial charge >= 0.3 is 0 Å². The van der Waals surface area contributed by atoms with Gasteiger partial charge in [0, 0.05) is 32.2 Å². The van der Waals surface area contributed by atoms with Crippen LogP contribution in [0.25, 0.3) is 0 Å². The van der Waals surface area contributed by atoms with Crippen LogP contribution in [0.1, 0.15) is 18.2 Å². The largest absolute Gasteiger partial charge is 0.360 e. The predicted molar refractivity (Wildman–Crippen MR) is 101 cm³/mol. The Labute approximate surface area is 158 Å². The number of nitrogens with two attached hydrogens (primary N) is 1. The molecule has 1 aromatic carbocycles. The topological polar surface area (TPSA) is 105 Å². The standard InChI is InChI=1S/C19H25N5O3/c1-14-12-16(22-27-14)21-17(25)13-23-8-10-24(11-9-23)18(26)19(2,20)15-6-4-3-5-7-15/h3-7,12H,8-11,13,20H2,1-2H3,(H,21,22,25). The Morgan fingerprint density at radius 2 is 1.89 bits per heavy atom. The van der Waals surface area contributed by atoms with Crippen LogP contribution in [-0.2, 0) is 15.1 Å². The highest BCUT2D eigenvalue weighted by Gasteiger charge is 2.35. The molecule has 0 aliphatic carbocycles. The molecule has 1 unspecified atom stereocenters. The number of nitrogens with one attached hydrogen (secondary N) is 1. The summed E-state index contributed by atoms with van der Waals surface area (Å²) >= 11 is 0. The van der Waals surface area contributed by atoms with Crippen molar-refractivity contribution < 1.29 is 14.1 Å². The van der Waals surface area contributed by atoms with E-state index in [-0.39, 0.29) is 18.4 Å². The van der Waals surface area contributed by atoms with Crippen molar-refractivity contribution in [2.45, 2.75) is 19.4 Å². The number of aromatic nitrogens is 1. The fraction of sp³-hybridized carbons (Fsp3) is 0.421. The molecule has 1 fully saturated rings. The van der Waals surface area contributed by atoms with Crippen molar-refractivity contribution in [3.63, 3.8) is 0 Å². The summed E-state index contributed by atoms with van der Waals surface area (Å²) in [6.07, 6.45) is 0. The van der Waals surface area contributed by atoms with Gasteiger partial charge in [0.15, 0.2) is 5.82 Å². The van der Waals surface area contributed by atoms with Crippen molar-refractivity contribution in [1.82, 2.24) is 15.0 Å². The molecule has 1 saturated heterocycles. The molecule has 0 radical (unpaired) electrons. The SMILES string of the molecule is Cc1cc(NC(=O)CN2CCN(C(=O)C(C)(N)c3ccccc3)CC2)no1. The Morgan fingerprint density at radius 1 is 1.22 bits per heavy atom. The summed E-state index contributed by atoms with van der Waals surface area (Å²) in [7, 11) is 0. The van der Waals surface area contributed by atoms with E-state index in [1.54, 1.807) is 24.8 Å². The third kappa shape index (κ3) is 4.53. The van der Waals surface area contributed by atoms with Crippen LogP contribution in [-0.4, -0.2) is 59.5 Å². The highest BCUT2D eigenvalue weighted by Crippen LogP contribution is 2.21. The molecule has 3 rings (SSSR count). The quantitative estimate of drug-likeness (QED) is 0.810. The lowest BCUT2D eigenvalue weighted by molar-refractivity contribution is -0.138. The van der Waals surface area contributed by atoms with Crippen molar-refractivity contribution >= 4 is 17.6 Å². The molecule has 1 aromatic heterocycles. The second-order valence-corrected chi connectivity index (χ2v) is 7.01. The molecule has 0 bridgehead atoms. The van der Waals surface area contributed by atoms with E-state index < -0.39 is 5.54 Å². The second kappa shape index (κ2) is 7.89. The van der Waals surface area contributed by atoms with E-state index in [0.29, 0.717) is 37.8 Å². The monoisotopic (exact) mass is 371 g/mol. The zero-order valence-corrected chi connectivity index (χ0v) is 15.6. The summed E-state index contributed by atoms with van der Waals surface area (Å²) in [4.78, 5) is 28.8. The van der Waals surface area contributed by atoms with Gasteiger partial charge in [-0.1, -0.05) is 35.5 Å². The molecule has 0 spiro atoms. The van der Waals surface area contributed by atoms with Crippen LogP contribution in [0.5, 0.6) is 0 Å². The van der Waals surface area contributed by atoms with E-state index >= 15 is 0 Å². The first kappa shape index (κ1) is 19.1. The molecule has 8 heteroatoms. The number of hydrogen-bond acceptors (Lipinski definition) is 6. The summed E-state index contributed by atoms with van der Waals surface area (Å²) in [5.41, 5.74) is 6.06. The van der Waals surface area contributed by atoms with Crippen LogP contribution in [0.4, 0.5) is 5.82 Å². The number of amides is 2. The third-order valence-corrected chi connectivity index (χ3v) is 4.74. The summed E-state index contributed by atoms with van der Waals surface area (Å²) in [6.45, 7) is 6.05. The smallest absolute Gasteiger partial charge is 0.247 e. The maximum absolute atomic E-state index is 12.9. The fourth-order valence-corrected chi connectivity index (χ4v) is 3.16. The van der Waals surface area contributed by atoms with Gasteiger partial charge in [-0.3, -0.25) is 14.5 Å². The molecule has 2 heterocycles. The van der Waals surface area contributed by atoms with Gasteiger partial charge in [-0.2, -0.15) is 0 Å². The normalized spacial score (nSPS) is 17.4. The minimum Gasteiger partial charge on any atom is -0.360 e. The highest BCUT2D eigenvalue weighted by atomic mass is 16.5. The van der Waals surface area contributed by atoms with Crippen molar-refractivity contribution in [3.8, 4) is 0 Å². The number of aryl methyl sites for hydroxylation is 1. The molecule has 0 saturated carbocycles. The molecule has 3 N–H and O–H groups in total. The molecule has 1 atom stereocenters. The average molecular weight is 371 g/mol. The summed E-state index contributed by atoms with van der Waals surface area (Å²) in [5, 5.41) is 6.45. The van der Waals surface area contributed by atoms with Gasteiger partial charge in [0.1, 0.15) is 11.3 Å². The van der Waals surface area contributed by atoms with Gasteiger partial charge < -0.3 is 20.5 Å². The number of carbonyl (C=O) groups excluding carboxylic acids is 2. The number of anilines is 1. The predicted octanol–water partition coefficient (Wildman–Crippen LogP) is 0.940. The highest BCUT2D eigenvalue weighted by molar-refractivity contribution is 5.91. The molecule has 144 valence electrons. The van der Waals surface area contributed by atoms with Gasteiger partial charge in [0.2, 0.25) is 11.8 Å². The lowest BCUT2D eigenvalue weighted by atomic mass is 9.91. The molecule has 1 aliphatic heterocycles. The molecule has 2 aromatic rings. The molecule has 1 aliphatic rings. The number of benzene rings is 1. The zero-order valence-electron chi connectivity index (χ0n) is 15.6. The van der Waals surface area contributed by atoms with Gasteiger partial charge in [0.05, 0.1) is 6.54 Å². The number of hydrogen-bond donors (Lipinski definition) is 2. The maximum Gasteiger partial charge on any atom is 0.247 e. The Hall–Kier alpha value is -2.71. The first-order valence-electron chi connectivity index (χ1n) is 8.95. The molecule has 2 amide bonds. The van der Waals surface area contributed by atoms with E-state index in [1.165, 1.54) is 0 Å². The number of piperazine rings is 1. The van der Waals surface area contributed by atoms with E-state index in [4.69, 9.17) is 10.3 Å². The van der Waals surface area contributed by atoms with Crippen LogP contribution >= 0.6 is 0 Å². The Kier molecular flexibility index (Phi) is 5.57. The van der Waals surface area contributed by atoms with Crippen LogP contribution in [0.3, 0.4) is 0 Å². The van der Waals surface area contributed by atoms with Gasteiger partial charge in [0.25, 0.3) is 0 Å². The van der Waals surface area contributed by atoms with E-state index in [1.807, 2.05) is 35.2 Å². The van der Waals surface area contributed by atoms with E-state index in [2.05, 4.69) is 10.5 Å². The lowest BCUT2D eigenvalue weighted by Gasteiger charge is -2.38. The van der Waals surface area contributed by atoms with E-state index in [0.717, 1.165) is 5.56 Å². The van der Waals surface area contributed by atoms with Crippen molar-refractivity contribution in [2.75, 3.05) is 38.0 Å². The molecular formula is C19H25N5O3. The van der Waals surface area contributed by atoms with Gasteiger partial charge in [-0.25, -0.2) is 0 Å². The van der Waals surface area contributed by atoms with Crippen LogP contribution < -0.4 is 11.1 Å². The number of rotatable bonds is 5. The number of carbonyl (C=O) groups is 2. The molecular weight excluding hydrogens is 346 g/mol. The minimum atomic E-state index is -1.06. The van der Waals surface area contributed by atoms with Crippen LogP contribution in [0.15, 0.2) is 40.9 Å². The Bertz CT molecular complexity index is 795. The fourth-order valence-electron chi connectivity index (χ4n) is 3.16. The van der Waals surface area contributed by atoms with Gasteiger partial charge in [-0.05, 0) is 19.4 Å². The van der Waals surface area contributed by atoms with Crippen molar-refractivity contribution in [2.24, 2.45) is 5.73 Å². The third-order valence-electron chi connectivity index (χ3n) is 4.74. The second-order valence-electron chi connectivity index (χ2n) is 7.01. The lowest BCUT2D eigenvalue weighted by Crippen LogP contribution is -2.57. The van der Waals surface area contributed by atoms with Crippen molar-refractivity contribution in [1.29, 1.82) is 0 Å². The number of nitrogens with zero attached hydrogens (tertiary/aromatic N) is 3. The summed E-state index contributed by atoms with van der Waals surface area (Å²) < 4.78 is 4.93. The summed E-state index contributed by atoms with van der Waals surface area (Å²) in [6, 6.07) is 11.0. The summed E-state index contributed by atoms with van der Waals surface area (Å²) in [5.74, 6) is 0.792.